The number of rotatable bonds is 4. The van der Waals surface area contributed by atoms with E-state index in [1.807, 2.05) is 0 Å². The van der Waals surface area contributed by atoms with Crippen LogP contribution in [0.5, 0.6) is 0 Å². The van der Waals surface area contributed by atoms with Gasteiger partial charge < -0.3 is 10.4 Å². The SMILES string of the molecule is O=C(O)Nc1cccc(Nc2ccncc2[N+](=O)[O-])c1. The van der Waals surface area contributed by atoms with Crippen molar-refractivity contribution >= 4 is 28.8 Å². The van der Waals surface area contributed by atoms with Crippen LogP contribution < -0.4 is 10.6 Å². The zero-order valence-electron chi connectivity index (χ0n) is 10.1. The molecule has 0 saturated heterocycles. The number of aromatic nitrogens is 1. The van der Waals surface area contributed by atoms with E-state index >= 15 is 0 Å². The summed E-state index contributed by atoms with van der Waals surface area (Å²) >= 11 is 0. The molecule has 0 fully saturated rings. The number of carbonyl (C=O) groups is 1. The maximum absolute atomic E-state index is 10.9. The molecule has 0 aliphatic rings. The highest BCUT2D eigenvalue weighted by atomic mass is 16.6. The second kappa shape index (κ2) is 5.65. The Morgan fingerprint density at radius 2 is 2.05 bits per heavy atom. The van der Waals surface area contributed by atoms with Crippen LogP contribution in [0.4, 0.5) is 27.5 Å². The standard InChI is InChI=1S/C12H10N4O4/c17-12(18)15-9-3-1-2-8(6-9)14-10-4-5-13-7-11(10)16(19)20/h1-7,15H,(H,13,14)(H,17,18). The number of hydrogen-bond donors (Lipinski definition) is 3. The van der Waals surface area contributed by atoms with Gasteiger partial charge >= 0.3 is 11.8 Å². The van der Waals surface area contributed by atoms with E-state index in [0.29, 0.717) is 11.4 Å². The van der Waals surface area contributed by atoms with Crippen molar-refractivity contribution in [2.24, 2.45) is 0 Å². The van der Waals surface area contributed by atoms with E-state index in [-0.39, 0.29) is 11.4 Å². The second-order valence-electron chi connectivity index (χ2n) is 3.79. The van der Waals surface area contributed by atoms with Crippen LogP contribution in [0.3, 0.4) is 0 Å². The van der Waals surface area contributed by atoms with E-state index < -0.39 is 11.0 Å². The van der Waals surface area contributed by atoms with Crippen LogP contribution >= 0.6 is 0 Å². The van der Waals surface area contributed by atoms with Gasteiger partial charge in [-0.25, -0.2) is 4.79 Å². The van der Waals surface area contributed by atoms with Crippen LogP contribution in [-0.2, 0) is 0 Å². The Labute approximate surface area is 113 Å². The maximum Gasteiger partial charge on any atom is 0.409 e. The predicted molar refractivity (Wildman–Crippen MR) is 72.3 cm³/mol. The number of benzene rings is 1. The van der Waals surface area contributed by atoms with Gasteiger partial charge in [0.15, 0.2) is 0 Å². The molecule has 2 rings (SSSR count). The molecule has 2 aromatic rings. The average molecular weight is 274 g/mol. The van der Waals surface area contributed by atoms with Crippen LogP contribution in [0, 0.1) is 10.1 Å². The van der Waals surface area contributed by atoms with Gasteiger partial charge in [-0.2, -0.15) is 0 Å². The second-order valence-corrected chi connectivity index (χ2v) is 3.79. The number of pyridine rings is 1. The summed E-state index contributed by atoms with van der Waals surface area (Å²) < 4.78 is 0. The molecule has 1 amide bonds. The molecule has 0 aliphatic heterocycles. The Hall–Kier alpha value is -3.16. The van der Waals surface area contributed by atoms with Gasteiger partial charge in [-0.05, 0) is 24.3 Å². The first-order chi connectivity index (χ1) is 9.56. The van der Waals surface area contributed by atoms with Crippen molar-refractivity contribution in [1.82, 2.24) is 4.98 Å². The molecule has 0 radical (unpaired) electrons. The van der Waals surface area contributed by atoms with Gasteiger partial charge in [-0.15, -0.1) is 0 Å². The molecule has 1 heterocycles. The van der Waals surface area contributed by atoms with E-state index in [0.717, 1.165) is 6.20 Å². The fraction of sp³-hybridized carbons (Fsp3) is 0. The topological polar surface area (TPSA) is 117 Å². The van der Waals surface area contributed by atoms with Gasteiger partial charge in [0, 0.05) is 17.6 Å². The predicted octanol–water partition coefficient (Wildman–Crippen LogP) is 2.82. The maximum atomic E-state index is 10.9. The van der Waals surface area contributed by atoms with Crippen molar-refractivity contribution in [3.63, 3.8) is 0 Å². The molecule has 8 heteroatoms. The van der Waals surface area contributed by atoms with Crippen molar-refractivity contribution in [2.75, 3.05) is 10.6 Å². The Morgan fingerprint density at radius 3 is 2.75 bits per heavy atom. The molecule has 102 valence electrons. The molecule has 0 aliphatic carbocycles. The number of hydrogen-bond acceptors (Lipinski definition) is 5. The Balaban J connectivity index is 2.26. The van der Waals surface area contributed by atoms with Gasteiger partial charge in [-0.3, -0.25) is 20.4 Å². The molecule has 0 spiro atoms. The third-order valence-electron chi connectivity index (χ3n) is 2.39. The number of nitro groups is 1. The van der Waals surface area contributed by atoms with Crippen LogP contribution in [0.2, 0.25) is 0 Å². The quantitative estimate of drug-likeness (QED) is 0.582. The summed E-state index contributed by atoms with van der Waals surface area (Å²) in [4.78, 5) is 24.6. The summed E-state index contributed by atoms with van der Waals surface area (Å²) in [6.45, 7) is 0. The number of amides is 1. The third-order valence-corrected chi connectivity index (χ3v) is 2.39. The first kappa shape index (κ1) is 13.3. The first-order valence-electron chi connectivity index (χ1n) is 5.51. The summed E-state index contributed by atoms with van der Waals surface area (Å²) in [7, 11) is 0. The van der Waals surface area contributed by atoms with Gasteiger partial charge in [-0.1, -0.05) is 6.07 Å². The molecule has 20 heavy (non-hydrogen) atoms. The summed E-state index contributed by atoms with van der Waals surface area (Å²) in [6.07, 6.45) is 1.38. The minimum absolute atomic E-state index is 0.163. The van der Waals surface area contributed by atoms with E-state index in [1.54, 1.807) is 18.2 Å². The lowest BCUT2D eigenvalue weighted by Gasteiger charge is -2.08. The highest BCUT2D eigenvalue weighted by Gasteiger charge is 2.13. The summed E-state index contributed by atoms with van der Waals surface area (Å²) in [6, 6.07) is 7.85. The normalized spacial score (nSPS) is 9.80. The smallest absolute Gasteiger partial charge is 0.409 e. The fourth-order valence-corrected chi connectivity index (χ4v) is 1.59. The average Bonchev–Trinajstić information content (AvgIpc) is 2.38. The van der Waals surface area contributed by atoms with Gasteiger partial charge in [0.05, 0.1) is 4.92 Å². The number of carboxylic acid groups (broad SMARTS) is 1. The van der Waals surface area contributed by atoms with Crippen molar-refractivity contribution in [3.8, 4) is 0 Å². The van der Waals surface area contributed by atoms with Gasteiger partial charge in [0.2, 0.25) is 0 Å². The minimum Gasteiger partial charge on any atom is -0.465 e. The van der Waals surface area contributed by atoms with Gasteiger partial charge in [0.25, 0.3) is 0 Å². The Bertz CT molecular complexity index is 659. The monoisotopic (exact) mass is 274 g/mol. The largest absolute Gasteiger partial charge is 0.465 e. The molecule has 0 atom stereocenters. The van der Waals surface area contributed by atoms with Crippen molar-refractivity contribution in [1.29, 1.82) is 0 Å². The number of nitrogens with zero attached hydrogens (tertiary/aromatic N) is 2. The van der Waals surface area contributed by atoms with E-state index in [2.05, 4.69) is 15.6 Å². The summed E-state index contributed by atoms with van der Waals surface area (Å²) in [5, 5.41) is 24.5. The van der Waals surface area contributed by atoms with E-state index in [1.165, 1.54) is 18.3 Å². The van der Waals surface area contributed by atoms with E-state index in [4.69, 9.17) is 5.11 Å². The fourth-order valence-electron chi connectivity index (χ4n) is 1.59. The number of nitrogens with one attached hydrogen (secondary N) is 2. The Kier molecular flexibility index (Phi) is 3.75. The Morgan fingerprint density at radius 1 is 1.30 bits per heavy atom. The number of anilines is 3. The molecule has 0 bridgehead atoms. The highest BCUT2D eigenvalue weighted by Crippen LogP contribution is 2.27. The lowest BCUT2D eigenvalue weighted by atomic mass is 10.2. The van der Waals surface area contributed by atoms with Gasteiger partial charge in [0.1, 0.15) is 11.9 Å². The zero-order chi connectivity index (χ0) is 14.5. The first-order valence-corrected chi connectivity index (χ1v) is 5.51. The molecule has 3 N–H and O–H groups in total. The lowest BCUT2D eigenvalue weighted by molar-refractivity contribution is -0.384. The van der Waals surface area contributed by atoms with Crippen LogP contribution in [0.15, 0.2) is 42.7 Å². The van der Waals surface area contributed by atoms with Crippen LogP contribution in [-0.4, -0.2) is 21.1 Å². The molecule has 1 aromatic carbocycles. The van der Waals surface area contributed by atoms with Crippen LogP contribution in [0.25, 0.3) is 0 Å². The summed E-state index contributed by atoms with van der Waals surface area (Å²) in [5.41, 5.74) is 0.992. The van der Waals surface area contributed by atoms with Crippen LogP contribution in [0.1, 0.15) is 0 Å². The summed E-state index contributed by atoms with van der Waals surface area (Å²) in [5.74, 6) is 0. The molecule has 0 unspecified atom stereocenters. The van der Waals surface area contributed by atoms with Crippen molar-refractivity contribution in [2.45, 2.75) is 0 Å². The minimum atomic E-state index is -1.18. The van der Waals surface area contributed by atoms with Crippen molar-refractivity contribution in [3.05, 3.63) is 52.8 Å². The molecule has 0 saturated carbocycles. The zero-order valence-corrected chi connectivity index (χ0v) is 10.1. The molecule has 8 nitrogen and oxygen atoms in total. The van der Waals surface area contributed by atoms with E-state index in [9.17, 15) is 14.9 Å². The highest BCUT2D eigenvalue weighted by molar-refractivity contribution is 5.84. The molecular weight excluding hydrogens is 264 g/mol. The molecule has 1 aromatic heterocycles. The van der Waals surface area contributed by atoms with Crippen molar-refractivity contribution < 1.29 is 14.8 Å². The molecular formula is C12H10N4O4. The lowest BCUT2D eigenvalue weighted by Crippen LogP contribution is -2.07. The third kappa shape index (κ3) is 3.19.